The minimum absolute atomic E-state index is 0.0592. The smallest absolute Gasteiger partial charge is 0.317 e. The SMILES string of the molecule is O=C1OC(=O)[C@@H]2[C@H]3C[C@H]([C@@H]12)[C@H]1[C@@H](c2cc([N+](=O)[O-])ccc2O)c2sc(=O)[nH]c2S[C@@H]31. The van der Waals surface area contributed by atoms with Crippen molar-refractivity contribution in [1.82, 2.24) is 4.98 Å². The number of phenolic OH excluding ortho intramolecular Hbond substituents is 1. The number of hydrogen-bond acceptors (Lipinski definition) is 9. The Balaban J connectivity index is 1.55. The van der Waals surface area contributed by atoms with Gasteiger partial charge in [0.15, 0.2) is 0 Å². The Kier molecular flexibility index (Phi) is 3.59. The number of aromatic hydroxyl groups is 1. The first-order chi connectivity index (χ1) is 14.3. The Morgan fingerprint density at radius 1 is 1.17 bits per heavy atom. The molecule has 11 heteroatoms. The number of ether oxygens (including phenoxy) is 1. The number of benzene rings is 1. The number of rotatable bonds is 2. The Bertz CT molecular complexity index is 1200. The molecule has 0 unspecified atom stereocenters. The highest BCUT2D eigenvalue weighted by Gasteiger charge is 2.69. The molecule has 2 bridgehead atoms. The number of nitro benzene ring substituents is 1. The Hall–Kier alpha value is -2.66. The lowest BCUT2D eigenvalue weighted by atomic mass is 9.68. The zero-order valence-electron chi connectivity index (χ0n) is 15.1. The van der Waals surface area contributed by atoms with E-state index in [1.54, 1.807) is 0 Å². The van der Waals surface area contributed by atoms with E-state index in [-0.39, 0.29) is 39.3 Å². The topological polar surface area (TPSA) is 140 Å². The molecule has 0 radical (unpaired) electrons. The molecule has 1 aromatic carbocycles. The van der Waals surface area contributed by atoms with Crippen LogP contribution >= 0.6 is 23.1 Å². The van der Waals surface area contributed by atoms with E-state index in [1.165, 1.54) is 30.0 Å². The number of phenols is 1. The minimum Gasteiger partial charge on any atom is -0.508 e. The molecule has 3 fully saturated rings. The van der Waals surface area contributed by atoms with Crippen molar-refractivity contribution in [1.29, 1.82) is 0 Å². The number of non-ortho nitro benzene ring substituents is 1. The molecule has 7 atom stereocenters. The van der Waals surface area contributed by atoms with Crippen LogP contribution in [0.1, 0.15) is 22.8 Å². The molecule has 9 nitrogen and oxygen atoms in total. The molecular weight excluding hydrogens is 432 g/mol. The summed E-state index contributed by atoms with van der Waals surface area (Å²) in [6, 6.07) is 3.88. The van der Waals surface area contributed by atoms with Crippen molar-refractivity contribution in [2.24, 2.45) is 29.6 Å². The van der Waals surface area contributed by atoms with E-state index in [0.29, 0.717) is 21.9 Å². The maximum atomic E-state index is 12.4. The number of cyclic esters (lactones) is 2. The first kappa shape index (κ1) is 18.1. The van der Waals surface area contributed by atoms with Gasteiger partial charge in [0.1, 0.15) is 5.75 Å². The van der Waals surface area contributed by atoms with Gasteiger partial charge < -0.3 is 14.8 Å². The molecule has 154 valence electrons. The first-order valence-electron chi connectivity index (χ1n) is 9.47. The summed E-state index contributed by atoms with van der Waals surface area (Å²) in [6.45, 7) is 0. The highest BCUT2D eigenvalue weighted by molar-refractivity contribution is 8.00. The molecule has 0 spiro atoms. The lowest BCUT2D eigenvalue weighted by molar-refractivity contribution is -0.385. The number of hydrogen-bond donors (Lipinski definition) is 2. The van der Waals surface area contributed by atoms with E-state index in [9.17, 15) is 29.6 Å². The molecular formula is C19H14N2O7S2. The Morgan fingerprint density at radius 3 is 2.63 bits per heavy atom. The van der Waals surface area contributed by atoms with Crippen molar-refractivity contribution in [3.05, 3.63) is 48.4 Å². The third-order valence-corrected chi connectivity index (χ3v) is 9.60. The van der Waals surface area contributed by atoms with Gasteiger partial charge in [-0.2, -0.15) is 0 Å². The number of aromatic amines is 1. The summed E-state index contributed by atoms with van der Waals surface area (Å²) in [7, 11) is 0. The fourth-order valence-electron chi connectivity index (χ4n) is 6.07. The van der Waals surface area contributed by atoms with Crippen LogP contribution in [0.4, 0.5) is 5.69 Å². The fraction of sp³-hybridized carbons (Fsp3) is 0.421. The van der Waals surface area contributed by atoms with Crippen LogP contribution in [0.15, 0.2) is 28.0 Å². The lowest BCUT2D eigenvalue weighted by Gasteiger charge is -2.42. The number of nitro groups is 1. The highest BCUT2D eigenvalue weighted by Crippen LogP contribution is 2.68. The molecule has 1 saturated heterocycles. The van der Waals surface area contributed by atoms with Gasteiger partial charge in [0, 0.05) is 33.7 Å². The summed E-state index contributed by atoms with van der Waals surface area (Å²) in [5, 5.41) is 22.6. The number of nitrogens with one attached hydrogen (secondary N) is 1. The predicted octanol–water partition coefficient (Wildman–Crippen LogP) is 2.24. The molecule has 2 N–H and O–H groups in total. The number of aromatic nitrogens is 1. The van der Waals surface area contributed by atoms with E-state index in [2.05, 4.69) is 4.98 Å². The number of H-pyrrole nitrogens is 1. The van der Waals surface area contributed by atoms with Gasteiger partial charge >= 0.3 is 16.8 Å². The van der Waals surface area contributed by atoms with Crippen LogP contribution in [0.5, 0.6) is 5.75 Å². The molecule has 2 aliphatic carbocycles. The zero-order valence-corrected chi connectivity index (χ0v) is 16.8. The van der Waals surface area contributed by atoms with Gasteiger partial charge in [0.25, 0.3) is 5.69 Å². The Morgan fingerprint density at radius 2 is 1.90 bits per heavy atom. The predicted molar refractivity (Wildman–Crippen MR) is 104 cm³/mol. The van der Waals surface area contributed by atoms with E-state index in [0.717, 1.165) is 11.3 Å². The molecule has 6 rings (SSSR count). The normalized spacial score (nSPS) is 35.7. The van der Waals surface area contributed by atoms with Crippen LogP contribution in [0.25, 0.3) is 0 Å². The third-order valence-electron chi connectivity index (χ3n) is 7.02. The number of thioether (sulfide) groups is 1. The summed E-state index contributed by atoms with van der Waals surface area (Å²) in [5.41, 5.74) is 0.219. The highest BCUT2D eigenvalue weighted by atomic mass is 32.2. The van der Waals surface area contributed by atoms with Gasteiger partial charge in [-0.15, -0.1) is 11.8 Å². The number of carbonyl (C=O) groups excluding carboxylic acids is 2. The molecule has 0 amide bonds. The van der Waals surface area contributed by atoms with Crippen molar-refractivity contribution < 1.29 is 24.4 Å². The number of nitrogens with zero attached hydrogens (tertiary/aromatic N) is 1. The molecule has 2 saturated carbocycles. The number of fused-ring (bicyclic) bond motifs is 9. The number of esters is 2. The average molecular weight is 446 g/mol. The second kappa shape index (κ2) is 5.94. The summed E-state index contributed by atoms with van der Waals surface area (Å²) in [6.07, 6.45) is 0.684. The quantitative estimate of drug-likeness (QED) is 0.310. The molecule has 30 heavy (non-hydrogen) atoms. The maximum Gasteiger partial charge on any atom is 0.317 e. The van der Waals surface area contributed by atoms with Gasteiger partial charge in [0.2, 0.25) is 0 Å². The van der Waals surface area contributed by atoms with Crippen molar-refractivity contribution in [2.75, 3.05) is 0 Å². The van der Waals surface area contributed by atoms with E-state index in [1.807, 2.05) is 0 Å². The van der Waals surface area contributed by atoms with E-state index >= 15 is 0 Å². The monoisotopic (exact) mass is 446 g/mol. The molecule has 1 aromatic heterocycles. The summed E-state index contributed by atoms with van der Waals surface area (Å²) in [5.74, 6) is -2.91. The van der Waals surface area contributed by atoms with Crippen LogP contribution in [0.2, 0.25) is 0 Å². The van der Waals surface area contributed by atoms with Gasteiger partial charge in [-0.05, 0) is 30.2 Å². The second-order valence-corrected chi connectivity index (χ2v) is 10.4. The van der Waals surface area contributed by atoms with Crippen molar-refractivity contribution in [3.63, 3.8) is 0 Å². The summed E-state index contributed by atoms with van der Waals surface area (Å²) >= 11 is 2.52. The summed E-state index contributed by atoms with van der Waals surface area (Å²) in [4.78, 5) is 50.9. The minimum atomic E-state index is -0.525. The van der Waals surface area contributed by atoms with Crippen molar-refractivity contribution in [3.8, 4) is 5.75 Å². The molecule has 2 aliphatic heterocycles. The van der Waals surface area contributed by atoms with Crippen LogP contribution in [0.3, 0.4) is 0 Å². The van der Waals surface area contributed by atoms with Gasteiger partial charge in [-0.3, -0.25) is 24.5 Å². The standard InChI is InChI=1S/C19H14N2O7S2/c22-9-2-1-5(21(26)27)3-6(9)10-11-7-4-8(13-12(7)17(23)28-18(13)24)14(11)29-16-15(10)30-19(25)20-16/h1-3,7-8,10-14,22H,4H2,(H,20,25)/t7-,8+,10+,11-,12+,13+,14-/m0/s1. The lowest BCUT2D eigenvalue weighted by Crippen LogP contribution is -2.42. The number of thiazole rings is 1. The maximum absolute atomic E-state index is 12.4. The second-order valence-electron chi connectivity index (χ2n) is 8.20. The van der Waals surface area contributed by atoms with Crippen LogP contribution in [0, 0.1) is 39.7 Å². The number of carbonyl (C=O) groups is 2. The fourth-order valence-corrected chi connectivity index (χ4v) is 8.95. The third kappa shape index (κ3) is 2.21. The van der Waals surface area contributed by atoms with Crippen LogP contribution in [-0.2, 0) is 14.3 Å². The first-order valence-corrected chi connectivity index (χ1v) is 11.2. The van der Waals surface area contributed by atoms with E-state index < -0.39 is 34.6 Å². The van der Waals surface area contributed by atoms with Crippen LogP contribution in [-0.4, -0.2) is 32.2 Å². The molecule has 2 aromatic rings. The van der Waals surface area contributed by atoms with Crippen molar-refractivity contribution in [2.45, 2.75) is 22.6 Å². The van der Waals surface area contributed by atoms with Gasteiger partial charge in [0.05, 0.1) is 21.8 Å². The van der Waals surface area contributed by atoms with E-state index in [4.69, 9.17) is 4.74 Å². The largest absolute Gasteiger partial charge is 0.508 e. The summed E-state index contributed by atoms with van der Waals surface area (Å²) < 4.78 is 4.93. The zero-order chi connectivity index (χ0) is 20.9. The molecule has 4 aliphatic rings. The molecule has 3 heterocycles. The average Bonchev–Trinajstić information content (AvgIpc) is 3.41. The van der Waals surface area contributed by atoms with Crippen molar-refractivity contribution >= 4 is 40.7 Å². The van der Waals surface area contributed by atoms with Crippen LogP contribution < -0.4 is 4.87 Å². The van der Waals surface area contributed by atoms with Gasteiger partial charge in [-0.25, -0.2) is 0 Å². The van der Waals surface area contributed by atoms with Gasteiger partial charge in [-0.1, -0.05) is 11.3 Å². The Labute approximate surface area is 176 Å².